The SMILES string of the molecule is CC(=O)N(CC(=O)Nc1cc(Cl)cc(Cl)c1)c1cccc2cccnc12. The average Bonchev–Trinajstić information content (AvgIpc) is 2.58. The summed E-state index contributed by atoms with van der Waals surface area (Å²) in [4.78, 5) is 30.3. The van der Waals surface area contributed by atoms with Crippen LogP contribution in [0.4, 0.5) is 11.4 Å². The smallest absolute Gasteiger partial charge is 0.244 e. The lowest BCUT2D eigenvalue weighted by Crippen LogP contribution is -2.36. The molecule has 0 radical (unpaired) electrons. The molecule has 1 heterocycles. The number of benzene rings is 2. The van der Waals surface area contributed by atoms with Gasteiger partial charge in [0.25, 0.3) is 0 Å². The molecule has 26 heavy (non-hydrogen) atoms. The molecule has 0 aliphatic heterocycles. The first-order valence-corrected chi connectivity index (χ1v) is 8.57. The van der Waals surface area contributed by atoms with Crippen LogP contribution in [-0.2, 0) is 9.59 Å². The van der Waals surface area contributed by atoms with Gasteiger partial charge in [-0.3, -0.25) is 14.6 Å². The molecule has 1 N–H and O–H groups in total. The molecule has 0 fully saturated rings. The van der Waals surface area contributed by atoms with Crippen molar-refractivity contribution in [1.29, 1.82) is 0 Å². The van der Waals surface area contributed by atoms with Crippen molar-refractivity contribution in [2.75, 3.05) is 16.8 Å². The highest BCUT2D eigenvalue weighted by Crippen LogP contribution is 2.26. The van der Waals surface area contributed by atoms with Crippen molar-refractivity contribution < 1.29 is 9.59 Å². The molecular weight excluding hydrogens is 373 g/mol. The largest absolute Gasteiger partial charge is 0.324 e. The van der Waals surface area contributed by atoms with Gasteiger partial charge >= 0.3 is 0 Å². The highest BCUT2D eigenvalue weighted by molar-refractivity contribution is 6.35. The highest BCUT2D eigenvalue weighted by atomic mass is 35.5. The van der Waals surface area contributed by atoms with E-state index in [0.717, 1.165) is 5.39 Å². The number of hydrogen-bond acceptors (Lipinski definition) is 3. The van der Waals surface area contributed by atoms with Crippen LogP contribution < -0.4 is 10.2 Å². The number of rotatable bonds is 4. The van der Waals surface area contributed by atoms with Crippen molar-refractivity contribution in [2.45, 2.75) is 6.92 Å². The Labute approximate surface area is 160 Å². The molecule has 3 rings (SSSR count). The third-order valence-corrected chi connectivity index (χ3v) is 4.17. The number of carbonyl (C=O) groups excluding carboxylic acids is 2. The Kier molecular flexibility index (Phi) is 5.40. The van der Waals surface area contributed by atoms with Crippen LogP contribution in [0.1, 0.15) is 6.92 Å². The summed E-state index contributed by atoms with van der Waals surface area (Å²) in [7, 11) is 0. The van der Waals surface area contributed by atoms with E-state index in [1.807, 2.05) is 24.3 Å². The second kappa shape index (κ2) is 7.72. The number of pyridine rings is 1. The van der Waals surface area contributed by atoms with E-state index >= 15 is 0 Å². The lowest BCUT2D eigenvalue weighted by molar-refractivity contribution is -0.120. The van der Waals surface area contributed by atoms with Crippen molar-refractivity contribution in [3.63, 3.8) is 0 Å². The number of nitrogens with zero attached hydrogens (tertiary/aromatic N) is 2. The zero-order valence-electron chi connectivity index (χ0n) is 13.9. The number of aromatic nitrogens is 1. The molecule has 3 aromatic rings. The number of fused-ring (bicyclic) bond motifs is 1. The maximum atomic E-state index is 12.4. The molecule has 0 aliphatic rings. The Morgan fingerprint density at radius 3 is 2.46 bits per heavy atom. The summed E-state index contributed by atoms with van der Waals surface area (Å²) in [6, 6.07) is 14.0. The minimum Gasteiger partial charge on any atom is -0.324 e. The molecule has 0 spiro atoms. The lowest BCUT2D eigenvalue weighted by atomic mass is 10.1. The zero-order valence-corrected chi connectivity index (χ0v) is 15.4. The molecule has 132 valence electrons. The maximum Gasteiger partial charge on any atom is 0.244 e. The van der Waals surface area contributed by atoms with Crippen LogP contribution >= 0.6 is 23.2 Å². The van der Waals surface area contributed by atoms with Gasteiger partial charge in [-0.25, -0.2) is 0 Å². The molecule has 0 saturated heterocycles. The van der Waals surface area contributed by atoms with Crippen LogP contribution in [0.5, 0.6) is 0 Å². The Morgan fingerprint density at radius 2 is 1.77 bits per heavy atom. The van der Waals surface area contributed by atoms with E-state index in [2.05, 4.69) is 10.3 Å². The molecule has 2 amide bonds. The van der Waals surface area contributed by atoms with Gasteiger partial charge in [0, 0.05) is 34.2 Å². The molecule has 2 aromatic carbocycles. The monoisotopic (exact) mass is 387 g/mol. The van der Waals surface area contributed by atoms with Crippen LogP contribution in [-0.4, -0.2) is 23.3 Å². The van der Waals surface area contributed by atoms with E-state index in [0.29, 0.717) is 26.9 Å². The second-order valence-electron chi connectivity index (χ2n) is 5.66. The molecule has 5 nitrogen and oxygen atoms in total. The lowest BCUT2D eigenvalue weighted by Gasteiger charge is -2.22. The third kappa shape index (κ3) is 4.12. The van der Waals surface area contributed by atoms with E-state index in [1.54, 1.807) is 30.5 Å². The summed E-state index contributed by atoms with van der Waals surface area (Å²) in [5.41, 5.74) is 1.70. The Hall–Kier alpha value is -2.63. The van der Waals surface area contributed by atoms with Gasteiger partial charge in [-0.15, -0.1) is 0 Å². The van der Waals surface area contributed by atoms with Gasteiger partial charge in [-0.05, 0) is 30.3 Å². The number of anilines is 2. The van der Waals surface area contributed by atoms with E-state index in [9.17, 15) is 9.59 Å². The normalized spacial score (nSPS) is 10.6. The predicted octanol–water partition coefficient (Wildman–Crippen LogP) is 4.53. The van der Waals surface area contributed by atoms with Gasteiger partial charge in [0.1, 0.15) is 6.54 Å². The first-order valence-electron chi connectivity index (χ1n) is 7.82. The fourth-order valence-electron chi connectivity index (χ4n) is 2.64. The second-order valence-corrected chi connectivity index (χ2v) is 6.54. The molecule has 1 aromatic heterocycles. The summed E-state index contributed by atoms with van der Waals surface area (Å²) in [5, 5.41) is 4.42. The molecule has 7 heteroatoms. The Morgan fingerprint density at radius 1 is 1.08 bits per heavy atom. The number of halogens is 2. The topological polar surface area (TPSA) is 62.3 Å². The molecule has 0 atom stereocenters. The first kappa shape index (κ1) is 18.2. The van der Waals surface area contributed by atoms with Crippen molar-refractivity contribution in [3.05, 3.63) is 64.8 Å². The van der Waals surface area contributed by atoms with Gasteiger partial charge in [-0.2, -0.15) is 0 Å². The quantitative estimate of drug-likeness (QED) is 0.714. The van der Waals surface area contributed by atoms with Gasteiger partial charge in [0.05, 0.1) is 11.2 Å². The standard InChI is InChI=1S/C19H15Cl2N3O2/c1-12(25)24(17-6-2-4-13-5-3-7-22-19(13)17)11-18(26)23-16-9-14(20)8-15(21)10-16/h2-10H,11H2,1H3,(H,23,26). The van der Waals surface area contributed by atoms with E-state index in [1.165, 1.54) is 11.8 Å². The number of para-hydroxylation sites is 1. The van der Waals surface area contributed by atoms with Crippen LogP contribution in [0.3, 0.4) is 0 Å². The van der Waals surface area contributed by atoms with E-state index in [-0.39, 0.29) is 18.4 Å². The minimum atomic E-state index is -0.369. The summed E-state index contributed by atoms with van der Waals surface area (Å²) < 4.78 is 0. The first-order chi connectivity index (χ1) is 12.4. The Bertz CT molecular complexity index is 966. The van der Waals surface area contributed by atoms with Crippen molar-refractivity contribution in [1.82, 2.24) is 4.98 Å². The predicted molar refractivity (Wildman–Crippen MR) is 105 cm³/mol. The van der Waals surface area contributed by atoms with Crippen LogP contribution in [0, 0.1) is 0 Å². The Balaban J connectivity index is 1.86. The van der Waals surface area contributed by atoms with Gasteiger partial charge in [0.2, 0.25) is 11.8 Å². The van der Waals surface area contributed by atoms with Crippen LogP contribution in [0.2, 0.25) is 10.0 Å². The summed E-state index contributed by atoms with van der Waals surface area (Å²) in [6.07, 6.45) is 1.65. The van der Waals surface area contributed by atoms with Gasteiger partial charge < -0.3 is 10.2 Å². The molecule has 0 saturated carbocycles. The van der Waals surface area contributed by atoms with Crippen molar-refractivity contribution >= 4 is 57.3 Å². The fourth-order valence-corrected chi connectivity index (χ4v) is 3.17. The summed E-state index contributed by atoms with van der Waals surface area (Å²) >= 11 is 11.9. The number of amides is 2. The van der Waals surface area contributed by atoms with E-state index in [4.69, 9.17) is 23.2 Å². The fraction of sp³-hybridized carbons (Fsp3) is 0.105. The zero-order chi connectivity index (χ0) is 18.7. The number of hydrogen-bond donors (Lipinski definition) is 1. The third-order valence-electron chi connectivity index (χ3n) is 3.73. The van der Waals surface area contributed by atoms with E-state index < -0.39 is 0 Å². The van der Waals surface area contributed by atoms with Crippen molar-refractivity contribution in [2.24, 2.45) is 0 Å². The average molecular weight is 388 g/mol. The number of nitrogens with one attached hydrogen (secondary N) is 1. The molecule has 0 aliphatic carbocycles. The van der Waals surface area contributed by atoms with Gasteiger partial charge in [-0.1, -0.05) is 41.4 Å². The van der Waals surface area contributed by atoms with Gasteiger partial charge in [0.15, 0.2) is 0 Å². The van der Waals surface area contributed by atoms with Crippen LogP contribution in [0.15, 0.2) is 54.7 Å². The highest BCUT2D eigenvalue weighted by Gasteiger charge is 2.19. The number of carbonyl (C=O) groups is 2. The summed E-state index contributed by atoms with van der Waals surface area (Å²) in [6.45, 7) is 1.25. The van der Waals surface area contributed by atoms with Crippen molar-refractivity contribution in [3.8, 4) is 0 Å². The minimum absolute atomic E-state index is 0.158. The molecule has 0 unspecified atom stereocenters. The molecule has 0 bridgehead atoms. The maximum absolute atomic E-state index is 12.4. The molecular formula is C19H15Cl2N3O2. The van der Waals surface area contributed by atoms with Crippen LogP contribution in [0.25, 0.3) is 10.9 Å². The summed E-state index contributed by atoms with van der Waals surface area (Å²) in [5.74, 6) is -0.631.